The summed E-state index contributed by atoms with van der Waals surface area (Å²) in [5.41, 5.74) is 3.68. The maximum Gasteiger partial charge on any atom is 0.214 e. The van der Waals surface area contributed by atoms with E-state index >= 15 is 0 Å². The Labute approximate surface area is 110 Å². The van der Waals surface area contributed by atoms with Gasteiger partial charge in [-0.05, 0) is 26.0 Å². The van der Waals surface area contributed by atoms with Gasteiger partial charge >= 0.3 is 0 Å². The fourth-order valence-corrected chi connectivity index (χ4v) is 1.87. The Morgan fingerprint density at radius 2 is 2.00 bits per heavy atom. The van der Waals surface area contributed by atoms with Crippen molar-refractivity contribution in [2.45, 2.75) is 20.4 Å². The number of nitrogens with zero attached hydrogens (tertiary/aromatic N) is 3. The maximum atomic E-state index is 5.64. The molecule has 3 aromatic rings. The monoisotopic (exact) mass is 254 g/mol. The van der Waals surface area contributed by atoms with Crippen LogP contribution in [0.5, 0.6) is 0 Å². The Morgan fingerprint density at radius 3 is 2.84 bits per heavy atom. The first-order valence-electron chi connectivity index (χ1n) is 6.10. The lowest BCUT2D eigenvalue weighted by molar-refractivity contribution is 0.540. The number of hydrogen-bond acceptors (Lipinski definition) is 5. The molecule has 0 aliphatic rings. The molecule has 3 rings (SSSR count). The number of para-hydroxylation sites is 2. The predicted molar refractivity (Wildman–Crippen MR) is 72.8 cm³/mol. The van der Waals surface area contributed by atoms with Gasteiger partial charge in [0.2, 0.25) is 5.89 Å². The Balaban J connectivity index is 1.80. The van der Waals surface area contributed by atoms with Crippen LogP contribution in [-0.2, 0) is 6.54 Å². The van der Waals surface area contributed by atoms with Crippen molar-refractivity contribution in [3.63, 3.8) is 0 Å². The van der Waals surface area contributed by atoms with E-state index in [1.54, 1.807) is 6.33 Å². The standard InChI is InChI=1S/C14H14N4O/c1-9-10(2)16-8-17-14(9)15-7-13-18-11-5-3-4-6-12(11)19-13/h3-6,8H,7H2,1-2H3,(H,15,16,17). The highest BCUT2D eigenvalue weighted by Gasteiger charge is 2.07. The first-order chi connectivity index (χ1) is 9.24. The van der Waals surface area contributed by atoms with Crippen LogP contribution in [0.15, 0.2) is 35.0 Å². The largest absolute Gasteiger partial charge is 0.439 e. The van der Waals surface area contributed by atoms with Crippen LogP contribution in [0.25, 0.3) is 11.1 Å². The minimum atomic E-state index is 0.506. The van der Waals surface area contributed by atoms with Crippen molar-refractivity contribution in [1.29, 1.82) is 0 Å². The van der Waals surface area contributed by atoms with Gasteiger partial charge in [-0.15, -0.1) is 0 Å². The summed E-state index contributed by atoms with van der Waals surface area (Å²) >= 11 is 0. The quantitative estimate of drug-likeness (QED) is 0.778. The van der Waals surface area contributed by atoms with Crippen LogP contribution in [0.4, 0.5) is 5.82 Å². The summed E-state index contributed by atoms with van der Waals surface area (Å²) in [6.45, 7) is 4.46. The lowest BCUT2D eigenvalue weighted by atomic mass is 10.2. The van der Waals surface area contributed by atoms with Crippen LogP contribution in [0.1, 0.15) is 17.1 Å². The molecule has 0 aliphatic heterocycles. The molecule has 0 radical (unpaired) electrons. The zero-order valence-electron chi connectivity index (χ0n) is 10.8. The van der Waals surface area contributed by atoms with E-state index < -0.39 is 0 Å². The summed E-state index contributed by atoms with van der Waals surface area (Å²) in [7, 11) is 0. The van der Waals surface area contributed by atoms with Crippen LogP contribution < -0.4 is 5.32 Å². The number of oxazole rings is 1. The highest BCUT2D eigenvalue weighted by atomic mass is 16.3. The molecule has 2 aromatic heterocycles. The zero-order chi connectivity index (χ0) is 13.2. The Kier molecular flexibility index (Phi) is 2.87. The van der Waals surface area contributed by atoms with E-state index in [9.17, 15) is 0 Å². The third-order valence-corrected chi connectivity index (χ3v) is 3.08. The number of fused-ring (bicyclic) bond motifs is 1. The minimum Gasteiger partial charge on any atom is -0.439 e. The Bertz CT molecular complexity index is 687. The van der Waals surface area contributed by atoms with Gasteiger partial charge in [0.25, 0.3) is 0 Å². The van der Waals surface area contributed by atoms with Crippen molar-refractivity contribution in [3.8, 4) is 0 Å². The fraction of sp³-hybridized carbons (Fsp3) is 0.214. The third kappa shape index (κ3) is 2.27. The van der Waals surface area contributed by atoms with E-state index in [0.717, 1.165) is 28.2 Å². The Morgan fingerprint density at radius 1 is 1.16 bits per heavy atom. The average Bonchev–Trinajstić information content (AvgIpc) is 2.83. The second-order valence-corrected chi connectivity index (χ2v) is 4.36. The smallest absolute Gasteiger partial charge is 0.214 e. The summed E-state index contributed by atoms with van der Waals surface area (Å²) in [6, 6.07) is 7.72. The summed E-state index contributed by atoms with van der Waals surface area (Å²) in [5, 5.41) is 3.22. The topological polar surface area (TPSA) is 63.8 Å². The molecule has 19 heavy (non-hydrogen) atoms. The van der Waals surface area contributed by atoms with Gasteiger partial charge in [-0.3, -0.25) is 0 Å². The SMILES string of the molecule is Cc1ncnc(NCc2nc3ccccc3o2)c1C. The van der Waals surface area contributed by atoms with Crippen molar-refractivity contribution < 1.29 is 4.42 Å². The minimum absolute atomic E-state index is 0.506. The zero-order valence-corrected chi connectivity index (χ0v) is 10.8. The summed E-state index contributed by atoms with van der Waals surface area (Å²) in [5.74, 6) is 1.46. The van der Waals surface area contributed by atoms with E-state index in [2.05, 4.69) is 20.3 Å². The van der Waals surface area contributed by atoms with Crippen molar-refractivity contribution in [2.75, 3.05) is 5.32 Å². The number of aryl methyl sites for hydroxylation is 1. The van der Waals surface area contributed by atoms with E-state index in [1.807, 2.05) is 38.1 Å². The van der Waals surface area contributed by atoms with Gasteiger partial charge in [0.1, 0.15) is 17.7 Å². The van der Waals surface area contributed by atoms with E-state index in [-0.39, 0.29) is 0 Å². The van der Waals surface area contributed by atoms with Gasteiger partial charge in [-0.1, -0.05) is 12.1 Å². The van der Waals surface area contributed by atoms with Crippen molar-refractivity contribution in [2.24, 2.45) is 0 Å². The lowest BCUT2D eigenvalue weighted by Gasteiger charge is -2.07. The molecule has 2 heterocycles. The van der Waals surface area contributed by atoms with Crippen molar-refractivity contribution in [3.05, 3.63) is 47.7 Å². The van der Waals surface area contributed by atoms with Crippen LogP contribution in [-0.4, -0.2) is 15.0 Å². The first-order valence-corrected chi connectivity index (χ1v) is 6.10. The third-order valence-electron chi connectivity index (χ3n) is 3.08. The van der Waals surface area contributed by atoms with E-state index in [0.29, 0.717) is 12.4 Å². The highest BCUT2D eigenvalue weighted by Crippen LogP contribution is 2.17. The highest BCUT2D eigenvalue weighted by molar-refractivity contribution is 5.72. The van der Waals surface area contributed by atoms with Crippen LogP contribution >= 0.6 is 0 Å². The molecule has 0 saturated heterocycles. The fourth-order valence-electron chi connectivity index (χ4n) is 1.87. The lowest BCUT2D eigenvalue weighted by Crippen LogP contribution is -2.05. The molecule has 0 fully saturated rings. The van der Waals surface area contributed by atoms with E-state index in [1.165, 1.54) is 0 Å². The van der Waals surface area contributed by atoms with Gasteiger partial charge in [-0.25, -0.2) is 15.0 Å². The second kappa shape index (κ2) is 4.68. The summed E-state index contributed by atoms with van der Waals surface area (Å²) in [6.07, 6.45) is 1.55. The van der Waals surface area contributed by atoms with Crippen LogP contribution in [0.2, 0.25) is 0 Å². The number of rotatable bonds is 3. The van der Waals surface area contributed by atoms with Gasteiger partial charge in [-0.2, -0.15) is 0 Å². The molecule has 5 nitrogen and oxygen atoms in total. The van der Waals surface area contributed by atoms with Gasteiger partial charge in [0.05, 0.1) is 6.54 Å². The predicted octanol–water partition coefficient (Wildman–Crippen LogP) is 2.85. The van der Waals surface area contributed by atoms with Gasteiger partial charge in [0.15, 0.2) is 5.58 Å². The molecule has 0 spiro atoms. The molecule has 0 unspecified atom stereocenters. The molecular weight excluding hydrogens is 240 g/mol. The molecular formula is C14H14N4O. The summed E-state index contributed by atoms with van der Waals surface area (Å²) < 4.78 is 5.64. The Hall–Kier alpha value is -2.43. The molecule has 0 aliphatic carbocycles. The number of nitrogens with one attached hydrogen (secondary N) is 1. The second-order valence-electron chi connectivity index (χ2n) is 4.36. The number of hydrogen-bond donors (Lipinski definition) is 1. The maximum absolute atomic E-state index is 5.64. The molecule has 0 atom stereocenters. The number of aromatic nitrogens is 3. The molecule has 5 heteroatoms. The van der Waals surface area contributed by atoms with Gasteiger partial charge < -0.3 is 9.73 Å². The molecule has 0 bridgehead atoms. The van der Waals surface area contributed by atoms with E-state index in [4.69, 9.17) is 4.42 Å². The molecule has 0 saturated carbocycles. The first kappa shape index (κ1) is 11.6. The molecule has 96 valence electrons. The summed E-state index contributed by atoms with van der Waals surface area (Å²) in [4.78, 5) is 12.8. The van der Waals surface area contributed by atoms with Crippen molar-refractivity contribution >= 4 is 16.9 Å². The average molecular weight is 254 g/mol. The molecule has 1 aromatic carbocycles. The normalized spacial score (nSPS) is 10.8. The van der Waals surface area contributed by atoms with Crippen LogP contribution in [0, 0.1) is 13.8 Å². The van der Waals surface area contributed by atoms with Crippen LogP contribution in [0.3, 0.4) is 0 Å². The van der Waals surface area contributed by atoms with Gasteiger partial charge in [0, 0.05) is 11.3 Å². The number of benzene rings is 1. The molecule has 0 amide bonds. The molecule has 1 N–H and O–H groups in total. The van der Waals surface area contributed by atoms with Crippen molar-refractivity contribution in [1.82, 2.24) is 15.0 Å². The number of anilines is 1.